The lowest BCUT2D eigenvalue weighted by molar-refractivity contribution is 0.0394. The summed E-state index contributed by atoms with van der Waals surface area (Å²) in [6.07, 6.45) is 36.2. The fourth-order valence-corrected chi connectivity index (χ4v) is 7.96. The van der Waals surface area contributed by atoms with E-state index >= 15 is 0 Å². The van der Waals surface area contributed by atoms with Crippen molar-refractivity contribution in [1.82, 2.24) is 9.80 Å². The van der Waals surface area contributed by atoms with Gasteiger partial charge < -0.3 is 14.4 Å². The summed E-state index contributed by atoms with van der Waals surface area (Å²) >= 11 is 1.02. The molecule has 0 rings (SSSR count). The second-order valence-electron chi connectivity index (χ2n) is 16.6. The monoisotopic (exact) mass is 797 g/mol. The fraction of sp³-hybridized carbons (Fsp3) is 0.936. The van der Waals surface area contributed by atoms with Crippen molar-refractivity contribution in [3.8, 4) is 0 Å². The molecule has 0 aliphatic carbocycles. The Bertz CT molecular complexity index is 854. The smallest absolute Gasteiger partial charge is 0.427 e. The summed E-state index contributed by atoms with van der Waals surface area (Å²) in [5.41, 5.74) is 0. The lowest BCUT2D eigenvalue weighted by Crippen LogP contribution is -2.43. The number of thioether (sulfide) groups is 1. The molecule has 0 aromatic heterocycles. The minimum atomic E-state index is -0.854. The first-order chi connectivity index (χ1) is 26.8. The number of hydrogen-bond donors (Lipinski definition) is 0. The number of amides is 3. The van der Waals surface area contributed by atoms with Crippen LogP contribution in [0.1, 0.15) is 246 Å². The first-order valence-electron chi connectivity index (χ1n) is 23.8. The van der Waals surface area contributed by atoms with Crippen LogP contribution in [0.3, 0.4) is 0 Å². The quantitative estimate of drug-likeness (QED) is 0.0573. The molecular weight excluding hydrogens is 705 g/mol. The van der Waals surface area contributed by atoms with Crippen LogP contribution >= 0.6 is 11.8 Å². The van der Waals surface area contributed by atoms with Gasteiger partial charge in [-0.3, -0.25) is 4.79 Å². The predicted octanol–water partition coefficient (Wildman–Crippen LogP) is 16.1. The van der Waals surface area contributed by atoms with Crippen molar-refractivity contribution in [3.63, 3.8) is 0 Å². The highest BCUT2D eigenvalue weighted by molar-refractivity contribution is 8.13. The molecule has 326 valence electrons. The van der Waals surface area contributed by atoms with Crippen molar-refractivity contribution in [2.24, 2.45) is 0 Å². The van der Waals surface area contributed by atoms with Gasteiger partial charge in [0.2, 0.25) is 0 Å². The summed E-state index contributed by atoms with van der Waals surface area (Å²) < 4.78 is 12.2. The minimum Gasteiger partial charge on any atom is -0.445 e. The number of rotatable bonds is 39. The molecule has 0 fully saturated rings. The molecule has 0 saturated heterocycles. The third-order valence-electron chi connectivity index (χ3n) is 10.8. The van der Waals surface area contributed by atoms with Crippen LogP contribution in [0.15, 0.2) is 0 Å². The van der Waals surface area contributed by atoms with E-state index in [1.54, 1.807) is 0 Å². The van der Waals surface area contributed by atoms with Gasteiger partial charge in [-0.15, -0.1) is 4.90 Å². The van der Waals surface area contributed by atoms with Crippen molar-refractivity contribution in [2.75, 3.05) is 26.4 Å². The van der Waals surface area contributed by atoms with Gasteiger partial charge in [0, 0.05) is 5.75 Å². The molecule has 0 aliphatic heterocycles. The van der Waals surface area contributed by atoms with Crippen LogP contribution in [0.2, 0.25) is 0 Å². The lowest BCUT2D eigenvalue weighted by Gasteiger charge is -2.25. The van der Waals surface area contributed by atoms with Gasteiger partial charge in [-0.25, -0.2) is 9.59 Å². The van der Waals surface area contributed by atoms with E-state index in [0.717, 1.165) is 102 Å². The van der Waals surface area contributed by atoms with Crippen LogP contribution in [0, 0.1) is 0 Å². The molecule has 55 heavy (non-hydrogen) atoms. The Balaban J connectivity index is 5.73. The number of unbranched alkanes of at least 4 members (excludes halogenated alkanes) is 25. The van der Waals surface area contributed by atoms with E-state index < -0.39 is 17.4 Å². The Hall–Kier alpha value is -1.28. The van der Waals surface area contributed by atoms with E-state index in [1.165, 1.54) is 135 Å². The van der Waals surface area contributed by atoms with Gasteiger partial charge in [-0.2, -0.15) is 0 Å². The molecule has 0 spiro atoms. The van der Waals surface area contributed by atoms with Gasteiger partial charge in [-0.1, -0.05) is 200 Å². The Kier molecular flexibility index (Phi) is 39.9. The first-order valence-corrected chi connectivity index (χ1v) is 24.8. The fourth-order valence-electron chi connectivity index (χ4n) is 7.24. The molecule has 0 radical (unpaired) electrons. The van der Waals surface area contributed by atoms with E-state index in [2.05, 4.69) is 32.6 Å². The summed E-state index contributed by atoms with van der Waals surface area (Å²) in [6, 6.07) is 0. The molecule has 0 heterocycles. The molecular formula is C47H92N2O5S. The van der Waals surface area contributed by atoms with E-state index in [-0.39, 0.29) is 12.2 Å². The lowest BCUT2D eigenvalue weighted by atomic mass is 10.0. The summed E-state index contributed by atoms with van der Waals surface area (Å²) in [4.78, 5) is 44.3. The Morgan fingerprint density at radius 3 is 0.964 bits per heavy atom. The average Bonchev–Trinajstić information content (AvgIpc) is 3.16. The van der Waals surface area contributed by atoms with E-state index in [9.17, 15) is 14.4 Å². The van der Waals surface area contributed by atoms with Crippen molar-refractivity contribution in [2.45, 2.75) is 258 Å². The second-order valence-corrected chi connectivity index (χ2v) is 17.7. The molecule has 0 saturated carbocycles. The predicted molar refractivity (Wildman–Crippen MR) is 238 cm³/mol. The molecule has 1 atom stereocenters. The largest absolute Gasteiger partial charge is 0.445 e. The zero-order chi connectivity index (χ0) is 40.6. The molecule has 0 bridgehead atoms. The number of nitrogens with zero attached hydrogens (tertiary/aromatic N) is 2. The standard InChI is InChI=1S/C47H92N2O5S/c1-7-11-15-19-23-27-31-35-40-44(39-34-30-26-22-18-14-10-4)54-46(51)49(47(52)55-42-36-41-48(5)6)45(50)53-43(37-32-28-24-20-16-12-8-2)38-33-29-25-21-17-13-9-3/h43-44H,7-42H2,1-6H3. The Morgan fingerprint density at radius 2 is 0.691 bits per heavy atom. The number of hydrogen-bond acceptors (Lipinski definition) is 7. The minimum absolute atomic E-state index is 0.304. The van der Waals surface area contributed by atoms with E-state index in [4.69, 9.17) is 9.47 Å². The van der Waals surface area contributed by atoms with Crippen molar-refractivity contribution < 1.29 is 23.9 Å². The molecule has 0 N–H and O–H groups in total. The number of carbonyl (C=O) groups is 3. The normalized spacial score (nSPS) is 12.1. The Morgan fingerprint density at radius 1 is 0.418 bits per heavy atom. The van der Waals surface area contributed by atoms with Crippen LogP contribution in [-0.2, 0) is 9.47 Å². The van der Waals surface area contributed by atoms with Crippen LogP contribution in [0.4, 0.5) is 14.4 Å². The summed E-state index contributed by atoms with van der Waals surface area (Å²) in [5, 5.41) is -0.582. The molecule has 0 aromatic rings. The first kappa shape index (κ1) is 53.7. The summed E-state index contributed by atoms with van der Waals surface area (Å²) in [7, 11) is 4.00. The third kappa shape index (κ3) is 34.5. The highest BCUT2D eigenvalue weighted by atomic mass is 32.2. The van der Waals surface area contributed by atoms with Gasteiger partial charge in [0.15, 0.2) is 0 Å². The number of imide groups is 3. The van der Waals surface area contributed by atoms with Crippen LogP contribution in [-0.4, -0.2) is 65.8 Å². The maximum absolute atomic E-state index is 13.9. The Labute approximate surface area is 346 Å². The number of carbonyl (C=O) groups excluding carboxylic acids is 3. The van der Waals surface area contributed by atoms with Crippen LogP contribution in [0.5, 0.6) is 0 Å². The second kappa shape index (κ2) is 40.9. The topological polar surface area (TPSA) is 76.1 Å². The van der Waals surface area contributed by atoms with Crippen molar-refractivity contribution >= 4 is 29.2 Å². The maximum Gasteiger partial charge on any atom is 0.427 e. The van der Waals surface area contributed by atoms with Gasteiger partial charge in [0.25, 0.3) is 0 Å². The van der Waals surface area contributed by atoms with Gasteiger partial charge in [0.05, 0.1) is 0 Å². The summed E-state index contributed by atoms with van der Waals surface area (Å²) in [5.74, 6) is 0.521. The number of ether oxygens (including phenoxy) is 2. The zero-order valence-electron chi connectivity index (χ0n) is 37.5. The molecule has 7 nitrogen and oxygen atoms in total. The van der Waals surface area contributed by atoms with E-state index in [1.807, 2.05) is 14.1 Å². The van der Waals surface area contributed by atoms with Crippen molar-refractivity contribution in [3.05, 3.63) is 0 Å². The SMILES string of the molecule is CCCCCCCCCCC(CCCCCCCCC)OC(=O)N(C(=O)OC(CCCCCCCCC)CCCCCCCCC)C(=O)SCCCN(C)C. The maximum atomic E-state index is 13.9. The van der Waals surface area contributed by atoms with Gasteiger partial charge in [0.1, 0.15) is 12.2 Å². The molecule has 0 aliphatic rings. The van der Waals surface area contributed by atoms with Crippen LogP contribution in [0.25, 0.3) is 0 Å². The highest BCUT2D eigenvalue weighted by Gasteiger charge is 2.35. The van der Waals surface area contributed by atoms with Gasteiger partial charge in [-0.05, 0) is 78.4 Å². The van der Waals surface area contributed by atoms with Crippen LogP contribution < -0.4 is 0 Å². The average molecular weight is 797 g/mol. The third-order valence-corrected chi connectivity index (χ3v) is 11.7. The molecule has 1 unspecified atom stereocenters. The molecule has 8 heteroatoms. The molecule has 0 aromatic carbocycles. The highest BCUT2D eigenvalue weighted by Crippen LogP contribution is 2.23. The molecule has 3 amide bonds. The summed E-state index contributed by atoms with van der Waals surface area (Å²) in [6.45, 7) is 9.79. The van der Waals surface area contributed by atoms with E-state index in [0.29, 0.717) is 10.7 Å². The van der Waals surface area contributed by atoms with Gasteiger partial charge >= 0.3 is 17.4 Å². The van der Waals surface area contributed by atoms with Crippen molar-refractivity contribution in [1.29, 1.82) is 0 Å². The zero-order valence-corrected chi connectivity index (χ0v) is 38.3.